The molecule has 0 bridgehead atoms. The second-order valence-corrected chi connectivity index (χ2v) is 4.91. The SMILES string of the molecule is Nc1nc(=S)c2ccn([C@H]3C[C@H](O)[C@@H](CO)O3)c2[nH]1. The van der Waals surface area contributed by atoms with E-state index in [0.29, 0.717) is 16.7 Å². The Kier molecular flexibility index (Phi) is 3.02. The summed E-state index contributed by atoms with van der Waals surface area (Å²) < 4.78 is 7.83. The summed E-state index contributed by atoms with van der Waals surface area (Å²) in [5, 5.41) is 19.7. The highest BCUT2D eigenvalue weighted by Crippen LogP contribution is 2.31. The van der Waals surface area contributed by atoms with Gasteiger partial charge in [-0.15, -0.1) is 0 Å². The molecule has 0 aromatic carbocycles. The zero-order valence-electron chi connectivity index (χ0n) is 9.98. The molecule has 2 aromatic rings. The van der Waals surface area contributed by atoms with E-state index < -0.39 is 12.2 Å². The fourth-order valence-corrected chi connectivity index (χ4v) is 2.62. The van der Waals surface area contributed by atoms with Crippen LogP contribution >= 0.6 is 12.2 Å². The van der Waals surface area contributed by atoms with Crippen molar-refractivity contribution < 1.29 is 14.9 Å². The number of aliphatic hydroxyl groups is 2. The lowest BCUT2D eigenvalue weighted by Crippen LogP contribution is -2.24. The summed E-state index contributed by atoms with van der Waals surface area (Å²) in [6.45, 7) is -0.212. The Labute approximate surface area is 113 Å². The predicted molar refractivity (Wildman–Crippen MR) is 70.9 cm³/mol. The molecule has 0 saturated carbocycles. The van der Waals surface area contributed by atoms with Gasteiger partial charge in [0.2, 0.25) is 0 Å². The highest BCUT2D eigenvalue weighted by atomic mass is 32.1. The molecule has 1 aliphatic rings. The van der Waals surface area contributed by atoms with Crippen LogP contribution in [0, 0.1) is 4.64 Å². The number of nitrogens with zero attached hydrogens (tertiary/aromatic N) is 2. The number of H-pyrrole nitrogens is 1. The van der Waals surface area contributed by atoms with Crippen LogP contribution in [-0.2, 0) is 4.74 Å². The normalized spacial score (nSPS) is 27.2. The molecular formula is C11H14N4O3S. The Hall–Kier alpha value is -1.48. The van der Waals surface area contributed by atoms with Crippen molar-refractivity contribution in [3.8, 4) is 0 Å². The van der Waals surface area contributed by atoms with Crippen molar-refractivity contribution in [1.82, 2.24) is 14.5 Å². The zero-order valence-corrected chi connectivity index (χ0v) is 10.8. The van der Waals surface area contributed by atoms with Crippen molar-refractivity contribution in [2.75, 3.05) is 12.3 Å². The molecule has 0 unspecified atom stereocenters. The summed E-state index contributed by atoms with van der Waals surface area (Å²) in [4.78, 5) is 6.92. The van der Waals surface area contributed by atoms with Gasteiger partial charge < -0.3 is 30.2 Å². The van der Waals surface area contributed by atoms with Crippen molar-refractivity contribution in [3.63, 3.8) is 0 Å². The van der Waals surface area contributed by atoms with E-state index in [1.807, 2.05) is 10.6 Å². The number of fused-ring (bicyclic) bond motifs is 1. The number of aliphatic hydroxyl groups excluding tert-OH is 2. The zero-order chi connectivity index (χ0) is 13.6. The maximum absolute atomic E-state index is 9.77. The van der Waals surface area contributed by atoms with Crippen LogP contribution in [0.4, 0.5) is 5.95 Å². The minimum absolute atomic E-state index is 0.212. The first-order valence-electron chi connectivity index (χ1n) is 5.91. The van der Waals surface area contributed by atoms with Crippen LogP contribution in [0.1, 0.15) is 12.6 Å². The number of anilines is 1. The summed E-state index contributed by atoms with van der Waals surface area (Å²) >= 11 is 5.14. The molecule has 7 nitrogen and oxygen atoms in total. The first-order valence-corrected chi connectivity index (χ1v) is 6.31. The monoisotopic (exact) mass is 282 g/mol. The molecule has 1 saturated heterocycles. The number of aromatic amines is 1. The largest absolute Gasteiger partial charge is 0.394 e. The van der Waals surface area contributed by atoms with Gasteiger partial charge in [0.1, 0.15) is 22.6 Å². The van der Waals surface area contributed by atoms with Crippen molar-refractivity contribution in [1.29, 1.82) is 0 Å². The topological polar surface area (TPSA) is 109 Å². The second kappa shape index (κ2) is 4.57. The van der Waals surface area contributed by atoms with Crippen LogP contribution in [-0.4, -0.2) is 43.6 Å². The summed E-state index contributed by atoms with van der Waals surface area (Å²) in [7, 11) is 0. The fraction of sp³-hybridized carbons (Fsp3) is 0.455. The maximum Gasteiger partial charge on any atom is 0.200 e. The summed E-state index contributed by atoms with van der Waals surface area (Å²) in [5.41, 5.74) is 6.36. The smallest absolute Gasteiger partial charge is 0.200 e. The number of hydrogen-bond donors (Lipinski definition) is 4. The average molecular weight is 282 g/mol. The number of nitrogens with two attached hydrogens (primary N) is 1. The fourth-order valence-electron chi connectivity index (χ4n) is 2.36. The average Bonchev–Trinajstić information content (AvgIpc) is 2.92. The molecule has 3 atom stereocenters. The van der Waals surface area contributed by atoms with Gasteiger partial charge in [-0.2, -0.15) is 0 Å². The van der Waals surface area contributed by atoms with E-state index in [1.165, 1.54) is 0 Å². The van der Waals surface area contributed by atoms with E-state index in [2.05, 4.69) is 9.97 Å². The molecule has 0 radical (unpaired) electrons. The molecule has 8 heteroatoms. The molecule has 2 aromatic heterocycles. The van der Waals surface area contributed by atoms with E-state index >= 15 is 0 Å². The highest BCUT2D eigenvalue weighted by Gasteiger charge is 2.34. The third kappa shape index (κ3) is 2.02. The summed E-state index contributed by atoms with van der Waals surface area (Å²) in [5.74, 6) is 0.231. The van der Waals surface area contributed by atoms with E-state index in [1.54, 1.807) is 6.20 Å². The van der Waals surface area contributed by atoms with Crippen LogP contribution < -0.4 is 5.73 Å². The quantitative estimate of drug-likeness (QED) is 0.590. The van der Waals surface area contributed by atoms with E-state index in [0.717, 1.165) is 5.39 Å². The standard InChI is InChI=1S/C11H14N4O3S/c12-11-13-9-5(10(19)14-11)1-2-15(9)8-3-6(17)7(4-16)18-8/h1-2,6-8,16-17H,3-4H2,(H3,12,13,14,19)/t6-,7+,8+/m0/s1. The van der Waals surface area contributed by atoms with E-state index in [4.69, 9.17) is 27.8 Å². The van der Waals surface area contributed by atoms with Crippen LogP contribution in [0.5, 0.6) is 0 Å². The Balaban J connectivity index is 2.05. The van der Waals surface area contributed by atoms with Gasteiger partial charge in [-0.25, -0.2) is 4.98 Å². The van der Waals surface area contributed by atoms with Gasteiger partial charge in [-0.05, 0) is 6.07 Å². The van der Waals surface area contributed by atoms with Crippen LogP contribution in [0.15, 0.2) is 12.3 Å². The molecule has 0 amide bonds. The number of ether oxygens (including phenoxy) is 1. The Morgan fingerprint density at radius 1 is 1.63 bits per heavy atom. The van der Waals surface area contributed by atoms with Crippen LogP contribution in [0.2, 0.25) is 0 Å². The van der Waals surface area contributed by atoms with Crippen molar-refractivity contribution in [2.24, 2.45) is 0 Å². The summed E-state index contributed by atoms with van der Waals surface area (Å²) in [6, 6.07) is 1.82. The van der Waals surface area contributed by atoms with Crippen LogP contribution in [0.25, 0.3) is 11.0 Å². The van der Waals surface area contributed by atoms with E-state index in [-0.39, 0.29) is 18.8 Å². The van der Waals surface area contributed by atoms with Gasteiger partial charge in [-0.3, -0.25) is 0 Å². The molecule has 1 aliphatic heterocycles. The van der Waals surface area contributed by atoms with Crippen LogP contribution in [0.3, 0.4) is 0 Å². The van der Waals surface area contributed by atoms with Gasteiger partial charge in [0.05, 0.1) is 18.1 Å². The predicted octanol–water partition coefficient (Wildman–Crippen LogP) is 0.317. The molecular weight excluding hydrogens is 268 g/mol. The number of aromatic nitrogens is 3. The van der Waals surface area contributed by atoms with Crippen molar-refractivity contribution in [2.45, 2.75) is 24.9 Å². The molecule has 1 fully saturated rings. The van der Waals surface area contributed by atoms with Gasteiger partial charge >= 0.3 is 0 Å². The minimum Gasteiger partial charge on any atom is -0.394 e. The number of hydrogen-bond acceptors (Lipinski definition) is 6. The molecule has 102 valence electrons. The number of nitrogens with one attached hydrogen (secondary N) is 1. The number of rotatable bonds is 2. The lowest BCUT2D eigenvalue weighted by atomic mass is 10.2. The Bertz CT molecular complexity index is 667. The van der Waals surface area contributed by atoms with Gasteiger partial charge in [-0.1, -0.05) is 12.2 Å². The van der Waals surface area contributed by atoms with Gasteiger partial charge in [0, 0.05) is 12.6 Å². The maximum atomic E-state index is 9.77. The first kappa shape index (κ1) is 12.5. The molecule has 19 heavy (non-hydrogen) atoms. The highest BCUT2D eigenvalue weighted by molar-refractivity contribution is 7.71. The second-order valence-electron chi connectivity index (χ2n) is 4.53. The summed E-state index contributed by atoms with van der Waals surface area (Å²) in [6.07, 6.45) is 0.587. The first-order chi connectivity index (χ1) is 9.10. The van der Waals surface area contributed by atoms with Gasteiger partial charge in [0.15, 0.2) is 5.95 Å². The molecule has 3 rings (SSSR count). The lowest BCUT2D eigenvalue weighted by Gasteiger charge is -2.14. The Morgan fingerprint density at radius 3 is 3.11 bits per heavy atom. The molecule has 5 N–H and O–H groups in total. The molecule has 3 heterocycles. The Morgan fingerprint density at radius 2 is 2.42 bits per heavy atom. The van der Waals surface area contributed by atoms with Crippen molar-refractivity contribution >= 4 is 29.2 Å². The third-order valence-corrected chi connectivity index (χ3v) is 3.62. The van der Waals surface area contributed by atoms with Gasteiger partial charge in [0.25, 0.3) is 0 Å². The van der Waals surface area contributed by atoms with Crippen molar-refractivity contribution in [3.05, 3.63) is 16.9 Å². The van der Waals surface area contributed by atoms with E-state index in [9.17, 15) is 5.11 Å². The lowest BCUT2D eigenvalue weighted by molar-refractivity contribution is -0.0430. The third-order valence-electron chi connectivity index (χ3n) is 3.31. The minimum atomic E-state index is -0.686. The molecule has 0 aliphatic carbocycles. The number of nitrogen functional groups attached to an aromatic ring is 1. The molecule has 0 spiro atoms.